The number of aromatic nitrogens is 1. The van der Waals surface area contributed by atoms with Crippen molar-refractivity contribution in [1.29, 1.82) is 0 Å². The van der Waals surface area contributed by atoms with Crippen LogP contribution in [0.5, 0.6) is 0 Å². The van der Waals surface area contributed by atoms with Gasteiger partial charge in [0.25, 0.3) is 0 Å². The first kappa shape index (κ1) is 14.5. The fourth-order valence-electron chi connectivity index (χ4n) is 3.01. The van der Waals surface area contributed by atoms with Crippen molar-refractivity contribution in [2.45, 2.75) is 52.6 Å². The predicted octanol–water partition coefficient (Wildman–Crippen LogP) is 2.97. The molecule has 1 fully saturated rings. The van der Waals surface area contributed by atoms with Crippen molar-refractivity contribution < 1.29 is 5.11 Å². The highest BCUT2D eigenvalue weighted by atomic mass is 16.3. The van der Waals surface area contributed by atoms with E-state index in [0.29, 0.717) is 12.0 Å². The Kier molecular flexibility index (Phi) is 3.98. The van der Waals surface area contributed by atoms with Crippen LogP contribution in [0.4, 0.5) is 0 Å². The van der Waals surface area contributed by atoms with E-state index in [2.05, 4.69) is 18.8 Å². The minimum absolute atomic E-state index is 0.174. The lowest BCUT2D eigenvalue weighted by atomic mass is 9.62. The third-order valence-corrected chi connectivity index (χ3v) is 4.84. The zero-order chi connectivity index (χ0) is 14.1. The fraction of sp³-hybridized carbons (Fsp3) is 0.688. The van der Waals surface area contributed by atoms with Crippen LogP contribution in [0.3, 0.4) is 0 Å². The molecule has 1 aromatic rings. The smallest absolute Gasteiger partial charge is 0.0873 e. The maximum Gasteiger partial charge on any atom is 0.0873 e. The van der Waals surface area contributed by atoms with Gasteiger partial charge in [-0.1, -0.05) is 19.9 Å². The van der Waals surface area contributed by atoms with E-state index in [1.54, 1.807) is 6.20 Å². The number of pyridine rings is 1. The Morgan fingerprint density at radius 1 is 1.26 bits per heavy atom. The summed E-state index contributed by atoms with van der Waals surface area (Å²) in [5.41, 5.74) is 8.09. The van der Waals surface area contributed by atoms with Gasteiger partial charge in [-0.3, -0.25) is 4.98 Å². The first-order valence-corrected chi connectivity index (χ1v) is 7.19. The molecule has 3 N–H and O–H groups in total. The second kappa shape index (κ2) is 5.22. The van der Waals surface area contributed by atoms with Crippen molar-refractivity contribution in [3.63, 3.8) is 0 Å². The Labute approximate surface area is 116 Å². The maximum absolute atomic E-state index is 10.7. The van der Waals surface area contributed by atoms with Gasteiger partial charge in [-0.15, -0.1) is 0 Å². The molecule has 0 bridgehead atoms. The summed E-state index contributed by atoms with van der Waals surface area (Å²) in [5.74, 6) is 0. The molecule has 0 radical (unpaired) electrons. The molecule has 1 aliphatic rings. The third-order valence-electron chi connectivity index (χ3n) is 4.84. The van der Waals surface area contributed by atoms with Crippen LogP contribution in [0.1, 0.15) is 56.9 Å². The van der Waals surface area contributed by atoms with Gasteiger partial charge in [0, 0.05) is 23.9 Å². The van der Waals surface area contributed by atoms with Crippen LogP contribution in [-0.2, 0) is 0 Å². The van der Waals surface area contributed by atoms with E-state index in [1.807, 2.05) is 19.1 Å². The standard InChI is InChI=1S/C16H26N2O/c1-12-4-5-13(10-18-12)14(19)16(11-17)8-6-15(2,3)7-9-16/h4-5,10,14,19H,6-9,11,17H2,1-3H3. The number of rotatable bonds is 3. The second-order valence-corrected chi connectivity index (χ2v) is 6.87. The molecule has 3 nitrogen and oxygen atoms in total. The van der Waals surface area contributed by atoms with Gasteiger partial charge in [-0.25, -0.2) is 0 Å². The maximum atomic E-state index is 10.7. The number of nitrogens with zero attached hydrogens (tertiary/aromatic N) is 1. The normalized spacial score (nSPS) is 23.0. The molecule has 1 saturated carbocycles. The summed E-state index contributed by atoms with van der Waals surface area (Å²) in [6.45, 7) is 7.09. The Morgan fingerprint density at radius 3 is 2.37 bits per heavy atom. The zero-order valence-corrected chi connectivity index (χ0v) is 12.3. The lowest BCUT2D eigenvalue weighted by molar-refractivity contribution is -0.0237. The molecule has 19 heavy (non-hydrogen) atoms. The lowest BCUT2D eigenvalue weighted by Gasteiger charge is -2.45. The van der Waals surface area contributed by atoms with Gasteiger partial charge >= 0.3 is 0 Å². The summed E-state index contributed by atoms with van der Waals surface area (Å²) in [7, 11) is 0. The van der Waals surface area contributed by atoms with E-state index in [0.717, 1.165) is 36.9 Å². The average Bonchev–Trinajstić information content (AvgIpc) is 2.40. The minimum Gasteiger partial charge on any atom is -0.388 e. The Bertz CT molecular complexity index is 415. The first-order chi connectivity index (χ1) is 8.88. The number of aryl methyl sites for hydroxylation is 1. The molecule has 1 aromatic heterocycles. The molecule has 0 aromatic carbocycles. The van der Waals surface area contributed by atoms with Crippen LogP contribution >= 0.6 is 0 Å². The first-order valence-electron chi connectivity index (χ1n) is 7.19. The van der Waals surface area contributed by atoms with Crippen molar-refractivity contribution in [3.05, 3.63) is 29.6 Å². The summed E-state index contributed by atoms with van der Waals surface area (Å²) >= 11 is 0. The van der Waals surface area contributed by atoms with Gasteiger partial charge in [0.1, 0.15) is 0 Å². The van der Waals surface area contributed by atoms with E-state index in [1.165, 1.54) is 0 Å². The van der Waals surface area contributed by atoms with E-state index < -0.39 is 6.10 Å². The van der Waals surface area contributed by atoms with Crippen LogP contribution < -0.4 is 5.73 Å². The number of hydrogen-bond acceptors (Lipinski definition) is 3. The molecule has 1 aliphatic carbocycles. The van der Waals surface area contributed by atoms with Crippen LogP contribution in [0, 0.1) is 17.8 Å². The van der Waals surface area contributed by atoms with Gasteiger partial charge in [0.2, 0.25) is 0 Å². The van der Waals surface area contributed by atoms with E-state index in [4.69, 9.17) is 5.73 Å². The SMILES string of the molecule is Cc1ccc(C(O)C2(CN)CCC(C)(C)CC2)cn1. The van der Waals surface area contributed by atoms with Crippen LogP contribution in [0.15, 0.2) is 18.3 Å². The average molecular weight is 262 g/mol. The molecule has 2 rings (SSSR count). The van der Waals surface area contributed by atoms with Gasteiger partial charge < -0.3 is 10.8 Å². The summed E-state index contributed by atoms with van der Waals surface area (Å²) in [6, 6.07) is 3.93. The number of nitrogens with two attached hydrogens (primary N) is 1. The molecule has 106 valence electrons. The molecule has 0 amide bonds. The highest BCUT2D eigenvalue weighted by Gasteiger charge is 2.43. The van der Waals surface area contributed by atoms with Crippen LogP contribution in [0.25, 0.3) is 0 Å². The Morgan fingerprint density at radius 2 is 1.89 bits per heavy atom. The Hall–Kier alpha value is -0.930. The number of hydrogen-bond donors (Lipinski definition) is 2. The van der Waals surface area contributed by atoms with Gasteiger partial charge in [0.15, 0.2) is 0 Å². The monoisotopic (exact) mass is 262 g/mol. The molecule has 1 heterocycles. The molecule has 0 aliphatic heterocycles. The van der Waals surface area contributed by atoms with E-state index >= 15 is 0 Å². The summed E-state index contributed by atoms with van der Waals surface area (Å²) < 4.78 is 0. The summed E-state index contributed by atoms with van der Waals surface area (Å²) in [5, 5.41) is 10.7. The summed E-state index contributed by atoms with van der Waals surface area (Å²) in [4.78, 5) is 4.29. The quantitative estimate of drug-likeness (QED) is 0.880. The molecule has 0 saturated heterocycles. The van der Waals surface area contributed by atoms with Gasteiger partial charge in [-0.05, 0) is 49.7 Å². The van der Waals surface area contributed by atoms with Crippen molar-refractivity contribution in [2.75, 3.05) is 6.54 Å². The molecule has 1 atom stereocenters. The molecule has 1 unspecified atom stereocenters. The Balaban J connectivity index is 2.19. The number of aliphatic hydroxyl groups is 1. The largest absolute Gasteiger partial charge is 0.388 e. The van der Waals surface area contributed by atoms with Crippen molar-refractivity contribution in [2.24, 2.45) is 16.6 Å². The van der Waals surface area contributed by atoms with Crippen molar-refractivity contribution in [3.8, 4) is 0 Å². The summed E-state index contributed by atoms with van der Waals surface area (Å²) in [6.07, 6.45) is 5.52. The number of aliphatic hydroxyl groups excluding tert-OH is 1. The van der Waals surface area contributed by atoms with Gasteiger partial charge in [0.05, 0.1) is 6.10 Å². The molecular formula is C16H26N2O. The van der Waals surface area contributed by atoms with E-state index in [-0.39, 0.29) is 5.41 Å². The fourth-order valence-corrected chi connectivity index (χ4v) is 3.01. The highest BCUT2D eigenvalue weighted by molar-refractivity contribution is 5.19. The third kappa shape index (κ3) is 2.98. The highest BCUT2D eigenvalue weighted by Crippen LogP contribution is 2.50. The van der Waals surface area contributed by atoms with Crippen LogP contribution in [0.2, 0.25) is 0 Å². The van der Waals surface area contributed by atoms with E-state index in [9.17, 15) is 5.11 Å². The minimum atomic E-state index is -0.498. The van der Waals surface area contributed by atoms with Crippen molar-refractivity contribution in [1.82, 2.24) is 4.98 Å². The van der Waals surface area contributed by atoms with Crippen LogP contribution in [-0.4, -0.2) is 16.6 Å². The molecular weight excluding hydrogens is 236 g/mol. The molecule has 0 spiro atoms. The topological polar surface area (TPSA) is 59.1 Å². The van der Waals surface area contributed by atoms with Gasteiger partial charge in [-0.2, -0.15) is 0 Å². The predicted molar refractivity (Wildman–Crippen MR) is 77.7 cm³/mol. The lowest BCUT2D eigenvalue weighted by Crippen LogP contribution is -2.41. The molecule has 3 heteroatoms. The zero-order valence-electron chi connectivity index (χ0n) is 12.3. The second-order valence-electron chi connectivity index (χ2n) is 6.87. The van der Waals surface area contributed by atoms with Crippen molar-refractivity contribution >= 4 is 0 Å².